The molecule has 1 atom stereocenters. The molecule has 5 rings (SSSR count). The molecule has 2 N–H and O–H groups in total. The van der Waals surface area contributed by atoms with Crippen LogP contribution in [-0.2, 0) is 4.74 Å². The second-order valence-electron chi connectivity index (χ2n) is 12.4. The van der Waals surface area contributed by atoms with Gasteiger partial charge in [-0.05, 0) is 83.2 Å². The Morgan fingerprint density at radius 3 is 2.27 bits per heavy atom. The number of carbonyl (C=O) groups excluding carboxylic acids is 3. The van der Waals surface area contributed by atoms with E-state index in [2.05, 4.69) is 15.3 Å². The standard InChI is InChI=1S/C33H38FN5O5/c1-20(40)21-6-5-7-24(16-21)37-30(41)27-11-8-22(17-28(27)34)29-35-18-23(19-36-29)31(42)39(25-9-10-25)26-12-14-38(15-13-26)32(43)44-33(2,3)4/h5-8,11,16-20,25-26,40H,9-10,12-15H2,1-4H3,(H,37,41). The minimum absolute atomic E-state index is 0.00401. The monoisotopic (exact) mass is 603 g/mol. The number of nitrogens with one attached hydrogen (secondary N) is 1. The van der Waals surface area contributed by atoms with E-state index in [-0.39, 0.29) is 35.5 Å². The molecule has 1 unspecified atom stereocenters. The maximum atomic E-state index is 15.0. The van der Waals surface area contributed by atoms with Crippen molar-refractivity contribution in [3.05, 3.63) is 77.4 Å². The molecular weight excluding hydrogens is 565 g/mol. The summed E-state index contributed by atoms with van der Waals surface area (Å²) in [6, 6.07) is 11.0. The van der Waals surface area contributed by atoms with E-state index in [4.69, 9.17) is 4.74 Å². The Morgan fingerprint density at radius 1 is 1.02 bits per heavy atom. The Labute approximate surface area is 256 Å². The van der Waals surface area contributed by atoms with E-state index in [1.54, 1.807) is 42.2 Å². The van der Waals surface area contributed by atoms with E-state index in [1.807, 2.05) is 25.7 Å². The lowest BCUT2D eigenvalue weighted by Gasteiger charge is -2.39. The van der Waals surface area contributed by atoms with Crippen LogP contribution in [0.1, 0.15) is 85.8 Å². The van der Waals surface area contributed by atoms with Crippen LogP contribution >= 0.6 is 0 Å². The van der Waals surface area contributed by atoms with Gasteiger partial charge in [0.1, 0.15) is 11.4 Å². The molecule has 1 saturated heterocycles. The zero-order valence-corrected chi connectivity index (χ0v) is 25.4. The number of piperidine rings is 1. The first-order valence-corrected chi connectivity index (χ1v) is 14.9. The molecule has 2 fully saturated rings. The molecule has 0 radical (unpaired) electrons. The number of aromatic nitrogens is 2. The number of aliphatic hydroxyl groups is 1. The van der Waals surface area contributed by atoms with Crippen molar-refractivity contribution in [1.29, 1.82) is 0 Å². The smallest absolute Gasteiger partial charge is 0.410 e. The van der Waals surface area contributed by atoms with Crippen molar-refractivity contribution < 1.29 is 28.6 Å². The number of amides is 3. The van der Waals surface area contributed by atoms with Gasteiger partial charge in [-0.15, -0.1) is 0 Å². The Kier molecular flexibility index (Phi) is 8.96. The Hall–Kier alpha value is -4.38. The van der Waals surface area contributed by atoms with Gasteiger partial charge in [0.2, 0.25) is 0 Å². The number of hydrogen-bond acceptors (Lipinski definition) is 7. The molecule has 1 aliphatic heterocycles. The lowest BCUT2D eigenvalue weighted by molar-refractivity contribution is 0.0142. The normalized spacial score (nSPS) is 16.3. The van der Waals surface area contributed by atoms with E-state index in [0.717, 1.165) is 12.8 Å². The van der Waals surface area contributed by atoms with E-state index >= 15 is 4.39 Å². The Bertz CT molecular complexity index is 1530. The number of benzene rings is 2. The van der Waals surface area contributed by atoms with Gasteiger partial charge in [0.15, 0.2) is 5.82 Å². The van der Waals surface area contributed by atoms with Crippen LogP contribution < -0.4 is 5.32 Å². The summed E-state index contributed by atoms with van der Waals surface area (Å²) in [5.41, 5.74) is 1.05. The van der Waals surface area contributed by atoms with Gasteiger partial charge in [0.05, 0.1) is 17.2 Å². The number of hydrogen-bond donors (Lipinski definition) is 2. The van der Waals surface area contributed by atoms with Crippen LogP contribution in [0.5, 0.6) is 0 Å². The molecule has 3 aromatic rings. The van der Waals surface area contributed by atoms with Crippen LogP contribution in [0, 0.1) is 5.82 Å². The van der Waals surface area contributed by atoms with E-state index in [9.17, 15) is 19.5 Å². The van der Waals surface area contributed by atoms with Gasteiger partial charge in [-0.2, -0.15) is 0 Å². The van der Waals surface area contributed by atoms with Gasteiger partial charge in [0, 0.05) is 48.8 Å². The van der Waals surface area contributed by atoms with E-state index in [1.165, 1.54) is 24.5 Å². The molecule has 2 heterocycles. The summed E-state index contributed by atoms with van der Waals surface area (Å²) in [7, 11) is 0. The number of nitrogens with zero attached hydrogens (tertiary/aromatic N) is 4. The summed E-state index contributed by atoms with van der Waals surface area (Å²) in [5.74, 6) is -1.31. The third kappa shape index (κ3) is 7.39. The average molecular weight is 604 g/mol. The van der Waals surface area contributed by atoms with Gasteiger partial charge >= 0.3 is 6.09 Å². The van der Waals surface area contributed by atoms with Crippen molar-refractivity contribution in [2.24, 2.45) is 0 Å². The quantitative estimate of drug-likeness (QED) is 0.361. The highest BCUT2D eigenvalue weighted by atomic mass is 19.1. The number of aliphatic hydroxyl groups excluding tert-OH is 1. The van der Waals surface area contributed by atoms with Crippen molar-refractivity contribution in [2.75, 3.05) is 18.4 Å². The fourth-order valence-corrected chi connectivity index (χ4v) is 5.29. The number of likely N-dealkylation sites (tertiary alicyclic amines) is 1. The number of anilines is 1. The highest BCUT2D eigenvalue weighted by Crippen LogP contribution is 2.33. The number of carbonyl (C=O) groups is 3. The molecule has 44 heavy (non-hydrogen) atoms. The number of rotatable bonds is 7. The molecule has 2 aromatic carbocycles. The van der Waals surface area contributed by atoms with Crippen LogP contribution in [0.3, 0.4) is 0 Å². The third-order valence-corrected chi connectivity index (χ3v) is 7.68. The first-order chi connectivity index (χ1) is 20.9. The minimum Gasteiger partial charge on any atom is -0.444 e. The predicted octanol–water partition coefficient (Wildman–Crippen LogP) is 5.59. The first-order valence-electron chi connectivity index (χ1n) is 14.9. The second-order valence-corrected chi connectivity index (χ2v) is 12.4. The molecule has 1 aliphatic carbocycles. The van der Waals surface area contributed by atoms with Crippen LogP contribution in [0.15, 0.2) is 54.9 Å². The van der Waals surface area contributed by atoms with Crippen molar-refractivity contribution >= 4 is 23.6 Å². The van der Waals surface area contributed by atoms with Gasteiger partial charge in [0.25, 0.3) is 11.8 Å². The third-order valence-electron chi connectivity index (χ3n) is 7.68. The Morgan fingerprint density at radius 2 is 1.68 bits per heavy atom. The van der Waals surface area contributed by atoms with Gasteiger partial charge < -0.3 is 25.0 Å². The maximum absolute atomic E-state index is 15.0. The fraction of sp³-hybridized carbons (Fsp3) is 0.424. The van der Waals surface area contributed by atoms with Gasteiger partial charge in [-0.3, -0.25) is 9.59 Å². The van der Waals surface area contributed by atoms with Gasteiger partial charge in [-0.1, -0.05) is 18.2 Å². The lowest BCUT2D eigenvalue weighted by Crippen LogP contribution is -2.50. The molecule has 0 bridgehead atoms. The number of halogens is 1. The van der Waals surface area contributed by atoms with Crippen molar-refractivity contribution in [3.8, 4) is 11.4 Å². The topological polar surface area (TPSA) is 125 Å². The SMILES string of the molecule is CC(O)c1cccc(NC(=O)c2ccc(-c3ncc(C(=O)N(C4CC4)C4CCN(C(=O)OC(C)(C)C)CC4)cn3)cc2F)c1. The van der Waals surface area contributed by atoms with Crippen LogP contribution in [0.2, 0.25) is 0 Å². The zero-order valence-electron chi connectivity index (χ0n) is 25.4. The Balaban J connectivity index is 1.23. The zero-order chi connectivity index (χ0) is 31.6. The van der Waals surface area contributed by atoms with E-state index < -0.39 is 23.4 Å². The van der Waals surface area contributed by atoms with Crippen molar-refractivity contribution in [3.63, 3.8) is 0 Å². The molecule has 1 aromatic heterocycles. The first kappa shape index (κ1) is 31.1. The highest BCUT2D eigenvalue weighted by Gasteiger charge is 2.40. The van der Waals surface area contributed by atoms with Crippen LogP contribution in [-0.4, -0.2) is 73.6 Å². The van der Waals surface area contributed by atoms with Crippen molar-refractivity contribution in [1.82, 2.24) is 19.8 Å². The second kappa shape index (κ2) is 12.7. The summed E-state index contributed by atoms with van der Waals surface area (Å²) in [6.45, 7) is 8.16. The van der Waals surface area contributed by atoms with Gasteiger partial charge in [-0.25, -0.2) is 19.2 Å². The summed E-state index contributed by atoms with van der Waals surface area (Å²) in [4.78, 5) is 51.1. The van der Waals surface area contributed by atoms with Crippen LogP contribution in [0.25, 0.3) is 11.4 Å². The molecule has 3 amide bonds. The molecule has 11 heteroatoms. The summed E-state index contributed by atoms with van der Waals surface area (Å²) < 4.78 is 20.5. The molecule has 232 valence electrons. The fourth-order valence-electron chi connectivity index (χ4n) is 5.29. The van der Waals surface area contributed by atoms with Crippen LogP contribution in [0.4, 0.5) is 14.9 Å². The molecule has 10 nitrogen and oxygen atoms in total. The maximum Gasteiger partial charge on any atom is 0.410 e. The molecule has 1 saturated carbocycles. The number of ether oxygens (including phenoxy) is 1. The molecular formula is C33H38FN5O5. The van der Waals surface area contributed by atoms with Crippen molar-refractivity contribution in [2.45, 2.75) is 77.2 Å². The minimum atomic E-state index is -0.743. The predicted molar refractivity (Wildman–Crippen MR) is 162 cm³/mol. The molecule has 2 aliphatic rings. The summed E-state index contributed by atoms with van der Waals surface area (Å²) in [5, 5.41) is 12.4. The summed E-state index contributed by atoms with van der Waals surface area (Å²) >= 11 is 0. The largest absolute Gasteiger partial charge is 0.444 e. The molecule has 0 spiro atoms. The average Bonchev–Trinajstić information content (AvgIpc) is 3.82. The van der Waals surface area contributed by atoms with E-state index in [0.29, 0.717) is 48.3 Å². The lowest BCUT2D eigenvalue weighted by atomic mass is 10.0. The highest BCUT2D eigenvalue weighted by molar-refractivity contribution is 6.04. The summed E-state index contributed by atoms with van der Waals surface area (Å²) in [6.07, 6.45) is 5.04.